The average molecular weight is 490 g/mol. The van der Waals surface area contributed by atoms with Crippen molar-refractivity contribution in [2.75, 3.05) is 26.2 Å². The zero-order valence-corrected chi connectivity index (χ0v) is 19.6. The Morgan fingerprint density at radius 2 is 1.82 bits per heavy atom. The number of carbonyl (C=O) groups is 2. The molecule has 2 amide bonds. The van der Waals surface area contributed by atoms with Crippen LogP contribution in [-0.2, 0) is 11.3 Å². The number of nitrogens with one attached hydrogen (secondary N) is 1. The lowest BCUT2D eigenvalue weighted by Gasteiger charge is -2.36. The van der Waals surface area contributed by atoms with Crippen LogP contribution >= 0.6 is 11.3 Å². The normalized spacial score (nSPS) is 15.5. The van der Waals surface area contributed by atoms with E-state index in [1.54, 1.807) is 18.7 Å². The Hall–Kier alpha value is -3.18. The number of piperazine rings is 1. The number of carbonyl (C=O) groups excluding carboxylic acids is 2. The predicted molar refractivity (Wildman–Crippen MR) is 122 cm³/mol. The van der Waals surface area contributed by atoms with Crippen LogP contribution in [0.3, 0.4) is 0 Å². The van der Waals surface area contributed by atoms with Gasteiger partial charge in [-0.15, -0.1) is 11.3 Å². The second kappa shape index (κ2) is 10.4. The first-order valence-corrected chi connectivity index (χ1v) is 11.8. The van der Waals surface area contributed by atoms with Crippen LogP contribution in [0.2, 0.25) is 0 Å². The van der Waals surface area contributed by atoms with Gasteiger partial charge in [0.15, 0.2) is 0 Å². The van der Waals surface area contributed by atoms with Gasteiger partial charge in [0.05, 0.1) is 11.4 Å². The lowest BCUT2D eigenvalue weighted by Crippen LogP contribution is -2.56. The van der Waals surface area contributed by atoms with Crippen molar-refractivity contribution < 1.29 is 22.9 Å². The van der Waals surface area contributed by atoms with Crippen LogP contribution in [0.15, 0.2) is 40.2 Å². The Bertz CT molecular complexity index is 1120. The maximum atomic E-state index is 14.0. The van der Waals surface area contributed by atoms with Gasteiger partial charge in [-0.3, -0.25) is 14.5 Å². The van der Waals surface area contributed by atoms with Gasteiger partial charge in [-0.2, -0.15) is 4.98 Å². The third kappa shape index (κ3) is 5.31. The molecule has 3 heterocycles. The molecule has 1 aliphatic heterocycles. The highest BCUT2D eigenvalue weighted by molar-refractivity contribution is 7.13. The van der Waals surface area contributed by atoms with E-state index in [0.29, 0.717) is 44.4 Å². The van der Waals surface area contributed by atoms with Gasteiger partial charge in [0.2, 0.25) is 17.6 Å². The minimum atomic E-state index is -0.968. The second-order valence-corrected chi connectivity index (χ2v) is 9.33. The van der Waals surface area contributed by atoms with Crippen LogP contribution < -0.4 is 5.32 Å². The average Bonchev–Trinajstić information content (AvgIpc) is 3.49. The number of hydrogen-bond acceptors (Lipinski definition) is 7. The Labute approximate surface area is 199 Å². The molecule has 4 rings (SSSR count). The summed E-state index contributed by atoms with van der Waals surface area (Å²) >= 11 is 1.53. The lowest BCUT2D eigenvalue weighted by atomic mass is 10.0. The van der Waals surface area contributed by atoms with E-state index in [1.807, 2.05) is 17.5 Å². The summed E-state index contributed by atoms with van der Waals surface area (Å²) in [5, 5.41) is 8.48. The number of nitrogens with zero attached hydrogens (tertiary/aromatic N) is 4. The molecule has 1 N–H and O–H groups in total. The van der Waals surface area contributed by atoms with Crippen LogP contribution in [0.5, 0.6) is 0 Å². The van der Waals surface area contributed by atoms with Gasteiger partial charge >= 0.3 is 0 Å². The molecule has 3 aromatic rings. The molecule has 1 aliphatic rings. The highest BCUT2D eigenvalue weighted by Gasteiger charge is 2.32. The van der Waals surface area contributed by atoms with E-state index in [2.05, 4.69) is 20.4 Å². The van der Waals surface area contributed by atoms with E-state index in [-0.39, 0.29) is 11.8 Å². The highest BCUT2D eigenvalue weighted by Crippen LogP contribution is 2.22. The molecular weight excluding hydrogens is 464 g/mol. The largest absolute Gasteiger partial charge is 0.340 e. The molecule has 0 aliphatic carbocycles. The Kier molecular flexibility index (Phi) is 7.32. The van der Waals surface area contributed by atoms with Crippen LogP contribution in [0.4, 0.5) is 8.78 Å². The summed E-state index contributed by atoms with van der Waals surface area (Å²) in [5.74, 6) is -2.37. The van der Waals surface area contributed by atoms with E-state index in [0.717, 1.165) is 17.0 Å². The summed E-state index contributed by atoms with van der Waals surface area (Å²) in [6, 6.07) is 6.15. The zero-order valence-electron chi connectivity index (χ0n) is 18.8. The van der Waals surface area contributed by atoms with Gasteiger partial charge in [-0.05, 0) is 29.5 Å². The van der Waals surface area contributed by atoms with Crippen LogP contribution in [0.1, 0.15) is 30.1 Å². The fourth-order valence-electron chi connectivity index (χ4n) is 3.78. The summed E-state index contributed by atoms with van der Waals surface area (Å²) in [7, 11) is 0. The summed E-state index contributed by atoms with van der Waals surface area (Å²) in [5.41, 5.74) is -0.688. The molecule has 0 radical (unpaired) electrons. The smallest absolute Gasteiger partial charge is 0.257 e. The van der Waals surface area contributed by atoms with E-state index < -0.39 is 29.1 Å². The topological polar surface area (TPSA) is 91.6 Å². The molecule has 8 nitrogen and oxygen atoms in total. The van der Waals surface area contributed by atoms with E-state index in [9.17, 15) is 18.4 Å². The van der Waals surface area contributed by atoms with Gasteiger partial charge in [0.1, 0.15) is 23.2 Å². The monoisotopic (exact) mass is 489 g/mol. The summed E-state index contributed by atoms with van der Waals surface area (Å²) in [6.45, 7) is 6.08. The van der Waals surface area contributed by atoms with Crippen LogP contribution in [-0.4, -0.2) is 64.0 Å². The molecule has 11 heteroatoms. The van der Waals surface area contributed by atoms with Crippen molar-refractivity contribution in [3.63, 3.8) is 0 Å². The number of halogens is 2. The van der Waals surface area contributed by atoms with Gasteiger partial charge < -0.3 is 14.7 Å². The van der Waals surface area contributed by atoms with E-state index in [1.165, 1.54) is 17.4 Å². The van der Waals surface area contributed by atoms with Gasteiger partial charge in [0, 0.05) is 26.2 Å². The van der Waals surface area contributed by atoms with Crippen molar-refractivity contribution in [3.8, 4) is 10.7 Å². The second-order valence-electron chi connectivity index (χ2n) is 8.38. The summed E-state index contributed by atoms with van der Waals surface area (Å²) in [6.07, 6.45) is 0. The van der Waals surface area contributed by atoms with E-state index >= 15 is 0 Å². The molecule has 1 atom stereocenters. The molecule has 0 bridgehead atoms. The highest BCUT2D eigenvalue weighted by atomic mass is 32.1. The van der Waals surface area contributed by atoms with Crippen molar-refractivity contribution in [1.82, 2.24) is 25.3 Å². The molecule has 2 aromatic heterocycles. The Morgan fingerprint density at radius 3 is 2.44 bits per heavy atom. The Morgan fingerprint density at radius 1 is 1.12 bits per heavy atom. The number of amides is 2. The standard InChI is InChI=1S/C23H25F2N5O3S/c1-14(2)20(27-22(31)19-15(24)5-3-6-16(19)25)23(32)30-10-8-29(9-11-30)13-18-26-21(28-33-18)17-7-4-12-34-17/h3-7,12,14,20H,8-11,13H2,1-2H3,(H,27,31). The first-order chi connectivity index (χ1) is 16.3. The van der Waals surface area contributed by atoms with Gasteiger partial charge in [-0.25, -0.2) is 8.78 Å². The number of thiophene rings is 1. The molecule has 1 saturated heterocycles. The number of rotatable bonds is 7. The van der Waals surface area contributed by atoms with E-state index in [4.69, 9.17) is 4.52 Å². The quantitative estimate of drug-likeness (QED) is 0.548. The minimum Gasteiger partial charge on any atom is -0.340 e. The number of aromatic nitrogens is 2. The maximum Gasteiger partial charge on any atom is 0.257 e. The molecule has 1 aromatic carbocycles. The third-order valence-electron chi connectivity index (χ3n) is 5.66. The summed E-state index contributed by atoms with van der Waals surface area (Å²) in [4.78, 5) is 34.8. The number of benzene rings is 1. The molecule has 34 heavy (non-hydrogen) atoms. The van der Waals surface area contributed by atoms with Crippen molar-refractivity contribution in [3.05, 3.63) is 58.8 Å². The zero-order chi connectivity index (χ0) is 24.2. The molecular formula is C23H25F2N5O3S. The third-order valence-corrected chi connectivity index (χ3v) is 6.53. The minimum absolute atomic E-state index is 0.265. The van der Waals surface area contributed by atoms with Crippen LogP contribution in [0, 0.1) is 17.6 Å². The molecule has 180 valence electrons. The van der Waals surface area contributed by atoms with Crippen molar-refractivity contribution in [2.45, 2.75) is 26.4 Å². The fourth-order valence-corrected chi connectivity index (χ4v) is 4.43. The fraction of sp³-hybridized carbons (Fsp3) is 0.391. The lowest BCUT2D eigenvalue weighted by molar-refractivity contribution is -0.136. The van der Waals surface area contributed by atoms with Crippen molar-refractivity contribution in [2.24, 2.45) is 5.92 Å². The maximum absolute atomic E-state index is 14.0. The first kappa shape index (κ1) is 24.0. The van der Waals surface area contributed by atoms with Gasteiger partial charge in [-0.1, -0.05) is 31.1 Å². The molecule has 0 spiro atoms. The molecule has 1 fully saturated rings. The SMILES string of the molecule is CC(C)C(NC(=O)c1c(F)cccc1F)C(=O)N1CCN(Cc2nc(-c3cccs3)no2)CC1. The van der Waals surface area contributed by atoms with Crippen molar-refractivity contribution in [1.29, 1.82) is 0 Å². The van der Waals surface area contributed by atoms with Crippen molar-refractivity contribution >= 4 is 23.2 Å². The Balaban J connectivity index is 1.34. The number of hydrogen-bond donors (Lipinski definition) is 1. The van der Waals surface area contributed by atoms with Gasteiger partial charge in [0.25, 0.3) is 5.91 Å². The predicted octanol–water partition coefficient (Wildman–Crippen LogP) is 3.18. The first-order valence-electron chi connectivity index (χ1n) is 11.0. The van der Waals surface area contributed by atoms with Crippen LogP contribution in [0.25, 0.3) is 10.7 Å². The molecule has 1 unspecified atom stereocenters. The molecule has 0 saturated carbocycles. The summed E-state index contributed by atoms with van der Waals surface area (Å²) < 4.78 is 33.3.